The van der Waals surface area contributed by atoms with Crippen molar-refractivity contribution in [2.24, 2.45) is 11.3 Å². The van der Waals surface area contributed by atoms with Gasteiger partial charge in [-0.1, -0.05) is 27.7 Å². The molecule has 0 aromatic heterocycles. The van der Waals surface area contributed by atoms with Gasteiger partial charge in [-0.2, -0.15) is 0 Å². The number of nitrogens with zero attached hydrogens (tertiary/aromatic N) is 1. The van der Waals surface area contributed by atoms with Gasteiger partial charge in [0.1, 0.15) is 0 Å². The van der Waals surface area contributed by atoms with Gasteiger partial charge in [0.2, 0.25) is 5.91 Å². The highest BCUT2D eigenvalue weighted by molar-refractivity contribution is 5.81. The van der Waals surface area contributed by atoms with Crippen molar-refractivity contribution in [3.05, 3.63) is 0 Å². The Labute approximate surface area is 111 Å². The molecule has 0 spiro atoms. The Morgan fingerprint density at radius 3 is 2.44 bits per heavy atom. The van der Waals surface area contributed by atoms with Crippen LogP contribution < -0.4 is 5.32 Å². The van der Waals surface area contributed by atoms with Crippen LogP contribution in [0.5, 0.6) is 0 Å². The van der Waals surface area contributed by atoms with Gasteiger partial charge in [-0.15, -0.1) is 0 Å². The zero-order chi connectivity index (χ0) is 13.8. The average molecular weight is 256 g/mol. The van der Waals surface area contributed by atoms with E-state index in [0.29, 0.717) is 13.1 Å². The molecule has 4 heteroatoms. The van der Waals surface area contributed by atoms with Crippen LogP contribution in [0.1, 0.15) is 40.5 Å². The Bertz CT molecular complexity index is 265. The summed E-state index contributed by atoms with van der Waals surface area (Å²) in [6, 6.07) is 0. The zero-order valence-electron chi connectivity index (χ0n) is 12.2. The lowest BCUT2D eigenvalue weighted by molar-refractivity contribution is -0.129. The second-order valence-electron chi connectivity index (χ2n) is 6.60. The van der Waals surface area contributed by atoms with Crippen LogP contribution in [0.15, 0.2) is 0 Å². The summed E-state index contributed by atoms with van der Waals surface area (Å²) in [6.07, 6.45) is 1.95. The summed E-state index contributed by atoms with van der Waals surface area (Å²) >= 11 is 0. The quantitative estimate of drug-likeness (QED) is 0.796. The SMILES string of the molecule is CC1CCN(CC(O)CNC(=O)C(C)(C)C)CC1. The normalized spacial score (nSPS) is 20.7. The van der Waals surface area contributed by atoms with E-state index in [1.165, 1.54) is 12.8 Å². The Kier molecular flexibility index (Phi) is 5.60. The van der Waals surface area contributed by atoms with Crippen molar-refractivity contribution in [3.63, 3.8) is 0 Å². The molecule has 1 amide bonds. The maximum absolute atomic E-state index is 11.7. The third-order valence-electron chi connectivity index (χ3n) is 3.52. The molecule has 0 saturated carbocycles. The third kappa shape index (κ3) is 5.36. The lowest BCUT2D eigenvalue weighted by atomic mass is 9.95. The van der Waals surface area contributed by atoms with Crippen LogP contribution >= 0.6 is 0 Å². The highest BCUT2D eigenvalue weighted by Crippen LogP contribution is 2.16. The van der Waals surface area contributed by atoms with Crippen LogP contribution in [0.3, 0.4) is 0 Å². The fourth-order valence-corrected chi connectivity index (χ4v) is 2.08. The number of amides is 1. The van der Waals surface area contributed by atoms with E-state index >= 15 is 0 Å². The third-order valence-corrected chi connectivity index (χ3v) is 3.52. The van der Waals surface area contributed by atoms with E-state index in [-0.39, 0.29) is 11.3 Å². The molecule has 4 nitrogen and oxygen atoms in total. The minimum absolute atomic E-state index is 0.00573. The van der Waals surface area contributed by atoms with Crippen molar-refractivity contribution in [3.8, 4) is 0 Å². The second kappa shape index (κ2) is 6.53. The van der Waals surface area contributed by atoms with Crippen molar-refractivity contribution in [1.29, 1.82) is 0 Å². The van der Waals surface area contributed by atoms with Crippen molar-refractivity contribution in [2.75, 3.05) is 26.2 Å². The van der Waals surface area contributed by atoms with Crippen LogP contribution in [0.25, 0.3) is 0 Å². The molecule has 1 fully saturated rings. The first-order valence-corrected chi connectivity index (χ1v) is 6.97. The van der Waals surface area contributed by atoms with Crippen LogP contribution in [0, 0.1) is 11.3 Å². The minimum atomic E-state index is -0.468. The molecule has 1 unspecified atom stereocenters. The number of β-amino-alcohol motifs (C(OH)–C–C–N with tert-alkyl or cyclic N) is 1. The molecule has 2 N–H and O–H groups in total. The summed E-state index contributed by atoms with van der Waals surface area (Å²) in [4.78, 5) is 14.0. The summed E-state index contributed by atoms with van der Waals surface area (Å²) < 4.78 is 0. The molecule has 1 saturated heterocycles. The summed E-state index contributed by atoms with van der Waals surface area (Å²) in [5.74, 6) is 0.799. The highest BCUT2D eigenvalue weighted by Gasteiger charge is 2.22. The maximum Gasteiger partial charge on any atom is 0.225 e. The molecule has 0 bridgehead atoms. The van der Waals surface area contributed by atoms with E-state index in [2.05, 4.69) is 17.1 Å². The topological polar surface area (TPSA) is 52.6 Å². The van der Waals surface area contributed by atoms with Gasteiger partial charge >= 0.3 is 0 Å². The summed E-state index contributed by atoms with van der Waals surface area (Å²) in [6.45, 7) is 11.0. The molecule has 1 aliphatic heterocycles. The molecule has 0 aliphatic carbocycles. The van der Waals surface area contributed by atoms with Gasteiger partial charge in [0, 0.05) is 18.5 Å². The average Bonchev–Trinajstić information content (AvgIpc) is 2.28. The minimum Gasteiger partial charge on any atom is -0.390 e. The number of aliphatic hydroxyl groups excluding tert-OH is 1. The predicted octanol–water partition coefficient (Wildman–Crippen LogP) is 1.24. The Morgan fingerprint density at radius 2 is 1.94 bits per heavy atom. The molecule has 1 rings (SSSR count). The first-order valence-electron chi connectivity index (χ1n) is 6.97. The summed E-state index contributed by atoms with van der Waals surface area (Å²) in [5, 5.41) is 12.7. The van der Waals surface area contributed by atoms with Crippen molar-refractivity contribution in [2.45, 2.75) is 46.6 Å². The van der Waals surface area contributed by atoms with Crippen LogP contribution in [0.4, 0.5) is 0 Å². The highest BCUT2D eigenvalue weighted by atomic mass is 16.3. The zero-order valence-corrected chi connectivity index (χ0v) is 12.2. The monoisotopic (exact) mass is 256 g/mol. The number of likely N-dealkylation sites (tertiary alicyclic amines) is 1. The van der Waals surface area contributed by atoms with E-state index in [1.54, 1.807) is 0 Å². The molecule has 1 aliphatic rings. The first kappa shape index (κ1) is 15.4. The number of carbonyl (C=O) groups is 1. The molecule has 1 heterocycles. The van der Waals surface area contributed by atoms with E-state index in [1.807, 2.05) is 20.8 Å². The number of carbonyl (C=O) groups excluding carboxylic acids is 1. The second-order valence-corrected chi connectivity index (χ2v) is 6.60. The molecule has 0 aromatic rings. The van der Waals surface area contributed by atoms with E-state index in [0.717, 1.165) is 19.0 Å². The number of hydrogen-bond donors (Lipinski definition) is 2. The lowest BCUT2D eigenvalue weighted by Crippen LogP contribution is -2.45. The molecular weight excluding hydrogens is 228 g/mol. The lowest BCUT2D eigenvalue weighted by Gasteiger charge is -2.31. The van der Waals surface area contributed by atoms with Crippen LogP contribution in [0.2, 0.25) is 0 Å². The van der Waals surface area contributed by atoms with Gasteiger partial charge in [-0.05, 0) is 31.8 Å². The van der Waals surface area contributed by atoms with Gasteiger partial charge in [-0.3, -0.25) is 4.79 Å². The number of nitrogens with one attached hydrogen (secondary N) is 1. The van der Waals surface area contributed by atoms with Crippen molar-refractivity contribution < 1.29 is 9.90 Å². The fraction of sp³-hybridized carbons (Fsp3) is 0.929. The Hall–Kier alpha value is -0.610. The van der Waals surface area contributed by atoms with Gasteiger partial charge in [-0.25, -0.2) is 0 Å². The predicted molar refractivity (Wildman–Crippen MR) is 73.3 cm³/mol. The van der Waals surface area contributed by atoms with Gasteiger partial charge in [0.05, 0.1) is 6.10 Å². The maximum atomic E-state index is 11.7. The number of piperidine rings is 1. The van der Waals surface area contributed by atoms with E-state index in [9.17, 15) is 9.90 Å². The van der Waals surface area contributed by atoms with Gasteiger partial charge in [0.15, 0.2) is 0 Å². The summed E-state index contributed by atoms with van der Waals surface area (Å²) in [7, 11) is 0. The summed E-state index contributed by atoms with van der Waals surface area (Å²) in [5.41, 5.74) is -0.389. The smallest absolute Gasteiger partial charge is 0.225 e. The fourth-order valence-electron chi connectivity index (χ4n) is 2.08. The molecule has 0 aromatic carbocycles. The largest absolute Gasteiger partial charge is 0.390 e. The molecule has 1 atom stereocenters. The molecule has 106 valence electrons. The Balaban J connectivity index is 2.21. The molecule has 0 radical (unpaired) electrons. The van der Waals surface area contributed by atoms with Gasteiger partial charge < -0.3 is 15.3 Å². The van der Waals surface area contributed by atoms with E-state index < -0.39 is 6.10 Å². The van der Waals surface area contributed by atoms with Crippen LogP contribution in [-0.2, 0) is 4.79 Å². The Morgan fingerprint density at radius 1 is 1.39 bits per heavy atom. The van der Waals surface area contributed by atoms with Gasteiger partial charge in [0.25, 0.3) is 0 Å². The van der Waals surface area contributed by atoms with Crippen LogP contribution in [-0.4, -0.2) is 48.2 Å². The van der Waals surface area contributed by atoms with Crippen molar-refractivity contribution >= 4 is 5.91 Å². The molecule has 18 heavy (non-hydrogen) atoms. The number of aliphatic hydroxyl groups is 1. The van der Waals surface area contributed by atoms with Crippen molar-refractivity contribution in [1.82, 2.24) is 10.2 Å². The first-order chi connectivity index (χ1) is 8.29. The molecular formula is C14H28N2O2. The standard InChI is InChI=1S/C14H28N2O2/c1-11-5-7-16(8-6-11)10-12(17)9-15-13(18)14(2,3)4/h11-12,17H,5-10H2,1-4H3,(H,15,18). The van der Waals surface area contributed by atoms with E-state index in [4.69, 9.17) is 0 Å². The number of rotatable bonds is 4. The number of hydrogen-bond acceptors (Lipinski definition) is 3.